The van der Waals surface area contributed by atoms with Crippen molar-refractivity contribution >= 4 is 0 Å². The smallest absolute Gasteiger partial charge is 0.0476 e. The van der Waals surface area contributed by atoms with E-state index in [2.05, 4.69) is 12.2 Å². The molecule has 3 heteroatoms. The second-order valence-corrected chi connectivity index (χ2v) is 2.78. The summed E-state index contributed by atoms with van der Waals surface area (Å²) >= 11 is 0. The Morgan fingerprint density at radius 2 is 2.27 bits per heavy atom. The Labute approximate surface area is 69.3 Å². The first kappa shape index (κ1) is 10.9. The van der Waals surface area contributed by atoms with Gasteiger partial charge in [0.15, 0.2) is 0 Å². The van der Waals surface area contributed by atoms with Gasteiger partial charge in [0.2, 0.25) is 0 Å². The molecule has 0 aromatic rings. The van der Waals surface area contributed by atoms with Gasteiger partial charge >= 0.3 is 0 Å². The molecular formula is C8H20N2O. The van der Waals surface area contributed by atoms with Crippen LogP contribution in [0.1, 0.15) is 19.8 Å². The van der Waals surface area contributed by atoms with Crippen molar-refractivity contribution in [2.45, 2.75) is 25.8 Å². The highest BCUT2D eigenvalue weighted by Gasteiger charge is 1.98. The zero-order chi connectivity index (χ0) is 8.53. The molecule has 1 unspecified atom stereocenters. The van der Waals surface area contributed by atoms with Crippen LogP contribution in [0.2, 0.25) is 0 Å². The van der Waals surface area contributed by atoms with E-state index < -0.39 is 0 Å². The molecule has 0 heterocycles. The molecule has 1 atom stereocenters. The molecule has 0 saturated carbocycles. The number of nitrogens with two attached hydrogens (primary N) is 1. The van der Waals surface area contributed by atoms with Crippen molar-refractivity contribution in [1.82, 2.24) is 5.32 Å². The lowest BCUT2D eigenvalue weighted by Gasteiger charge is -2.12. The van der Waals surface area contributed by atoms with Crippen molar-refractivity contribution in [2.24, 2.45) is 5.73 Å². The number of nitrogens with one attached hydrogen (secondary N) is 1. The van der Waals surface area contributed by atoms with Gasteiger partial charge in [-0.3, -0.25) is 0 Å². The first-order valence-corrected chi connectivity index (χ1v) is 4.23. The molecule has 3 nitrogen and oxygen atoms in total. The number of hydrogen-bond acceptors (Lipinski definition) is 3. The molecule has 0 aliphatic carbocycles. The Morgan fingerprint density at radius 1 is 1.55 bits per heavy atom. The van der Waals surface area contributed by atoms with Gasteiger partial charge in [-0.1, -0.05) is 0 Å². The highest BCUT2D eigenvalue weighted by molar-refractivity contribution is 4.59. The van der Waals surface area contributed by atoms with E-state index in [1.54, 1.807) is 7.11 Å². The van der Waals surface area contributed by atoms with E-state index >= 15 is 0 Å². The summed E-state index contributed by atoms with van der Waals surface area (Å²) in [6.07, 6.45) is 2.12. The highest BCUT2D eigenvalue weighted by Crippen LogP contribution is 1.89. The summed E-state index contributed by atoms with van der Waals surface area (Å²) in [5.74, 6) is 0. The monoisotopic (exact) mass is 160 g/mol. The van der Waals surface area contributed by atoms with E-state index in [1.165, 1.54) is 0 Å². The molecule has 0 spiro atoms. The van der Waals surface area contributed by atoms with Crippen LogP contribution in [0.15, 0.2) is 0 Å². The zero-order valence-corrected chi connectivity index (χ0v) is 7.60. The third-order valence-corrected chi connectivity index (χ3v) is 1.63. The van der Waals surface area contributed by atoms with Gasteiger partial charge in [0.25, 0.3) is 0 Å². The molecule has 11 heavy (non-hydrogen) atoms. The summed E-state index contributed by atoms with van der Waals surface area (Å²) in [5, 5.41) is 3.36. The van der Waals surface area contributed by atoms with Crippen LogP contribution in [-0.2, 0) is 4.74 Å². The van der Waals surface area contributed by atoms with Gasteiger partial charge in [0, 0.05) is 19.8 Å². The molecular weight excluding hydrogens is 140 g/mol. The van der Waals surface area contributed by atoms with Crippen LogP contribution < -0.4 is 11.1 Å². The van der Waals surface area contributed by atoms with Crippen LogP contribution in [0.3, 0.4) is 0 Å². The summed E-state index contributed by atoms with van der Waals surface area (Å²) in [6, 6.07) is 0.543. The molecule has 0 radical (unpaired) electrons. The van der Waals surface area contributed by atoms with E-state index in [-0.39, 0.29) is 0 Å². The Morgan fingerprint density at radius 3 is 2.82 bits per heavy atom. The molecule has 3 N–H and O–H groups in total. The first-order valence-electron chi connectivity index (χ1n) is 4.23. The van der Waals surface area contributed by atoms with Crippen LogP contribution in [0.25, 0.3) is 0 Å². The fourth-order valence-electron chi connectivity index (χ4n) is 0.847. The van der Waals surface area contributed by atoms with Crippen LogP contribution in [0, 0.1) is 0 Å². The van der Waals surface area contributed by atoms with Gasteiger partial charge in [-0.05, 0) is 32.9 Å². The number of hydrogen-bond donors (Lipinski definition) is 2. The Hall–Kier alpha value is -0.120. The summed E-state index contributed by atoms with van der Waals surface area (Å²) in [5.41, 5.74) is 5.35. The van der Waals surface area contributed by atoms with E-state index in [0.717, 1.165) is 32.5 Å². The molecule has 0 rings (SSSR count). The third kappa shape index (κ3) is 7.78. The lowest BCUT2D eigenvalue weighted by atomic mass is 10.2. The minimum Gasteiger partial charge on any atom is -0.385 e. The number of rotatable bonds is 7. The molecule has 68 valence electrons. The summed E-state index contributed by atoms with van der Waals surface area (Å²) < 4.78 is 4.95. The van der Waals surface area contributed by atoms with Crippen LogP contribution in [0.5, 0.6) is 0 Å². The predicted octanol–water partition coefficient (Wildman–Crippen LogP) is 0.350. The summed E-state index contributed by atoms with van der Waals surface area (Å²) in [7, 11) is 1.73. The quantitative estimate of drug-likeness (QED) is 0.528. The molecule has 0 aliphatic heterocycles. The van der Waals surface area contributed by atoms with Gasteiger partial charge < -0.3 is 15.8 Å². The average molecular weight is 160 g/mol. The SMILES string of the molecule is COCCC(C)NCCCN. The molecule has 0 bridgehead atoms. The average Bonchev–Trinajstić information content (AvgIpc) is 2.01. The lowest BCUT2D eigenvalue weighted by molar-refractivity contribution is 0.185. The Balaban J connectivity index is 3.02. The zero-order valence-electron chi connectivity index (χ0n) is 7.60. The van der Waals surface area contributed by atoms with Gasteiger partial charge in [0.05, 0.1) is 0 Å². The van der Waals surface area contributed by atoms with Gasteiger partial charge in [0.1, 0.15) is 0 Å². The first-order chi connectivity index (χ1) is 5.31. The fourth-order valence-corrected chi connectivity index (χ4v) is 0.847. The van der Waals surface area contributed by atoms with E-state index in [0.29, 0.717) is 6.04 Å². The second kappa shape index (κ2) is 7.98. The van der Waals surface area contributed by atoms with Crippen molar-refractivity contribution in [3.8, 4) is 0 Å². The third-order valence-electron chi connectivity index (χ3n) is 1.63. The summed E-state index contributed by atoms with van der Waals surface area (Å²) in [4.78, 5) is 0. The molecule has 0 aliphatic rings. The van der Waals surface area contributed by atoms with E-state index in [9.17, 15) is 0 Å². The van der Waals surface area contributed by atoms with Gasteiger partial charge in [-0.25, -0.2) is 0 Å². The molecule has 0 saturated heterocycles. The van der Waals surface area contributed by atoms with Crippen LogP contribution >= 0.6 is 0 Å². The van der Waals surface area contributed by atoms with Crippen LogP contribution in [0.4, 0.5) is 0 Å². The molecule has 0 aromatic carbocycles. The second-order valence-electron chi connectivity index (χ2n) is 2.78. The predicted molar refractivity (Wildman–Crippen MR) is 47.6 cm³/mol. The standard InChI is InChI=1S/C8H20N2O/c1-8(4-7-11-2)10-6-3-5-9/h8,10H,3-7,9H2,1-2H3. The minimum atomic E-state index is 0.543. The van der Waals surface area contributed by atoms with E-state index in [1.807, 2.05) is 0 Å². The fraction of sp³-hybridized carbons (Fsp3) is 1.00. The lowest BCUT2D eigenvalue weighted by Crippen LogP contribution is -2.29. The number of methoxy groups -OCH3 is 1. The largest absolute Gasteiger partial charge is 0.385 e. The van der Waals surface area contributed by atoms with Crippen molar-refractivity contribution in [1.29, 1.82) is 0 Å². The summed E-state index contributed by atoms with van der Waals surface area (Å²) in [6.45, 7) is 4.78. The maximum atomic E-state index is 5.35. The van der Waals surface area contributed by atoms with Crippen molar-refractivity contribution in [3.05, 3.63) is 0 Å². The normalized spacial score (nSPS) is 13.4. The molecule has 0 amide bonds. The van der Waals surface area contributed by atoms with E-state index in [4.69, 9.17) is 10.5 Å². The van der Waals surface area contributed by atoms with Gasteiger partial charge in [-0.2, -0.15) is 0 Å². The topological polar surface area (TPSA) is 47.3 Å². The minimum absolute atomic E-state index is 0.543. The maximum Gasteiger partial charge on any atom is 0.0476 e. The Bertz CT molecular complexity index is 78.5. The van der Waals surface area contributed by atoms with Crippen molar-refractivity contribution < 1.29 is 4.74 Å². The highest BCUT2D eigenvalue weighted by atomic mass is 16.5. The van der Waals surface area contributed by atoms with Crippen molar-refractivity contribution in [2.75, 3.05) is 26.8 Å². The maximum absolute atomic E-state index is 5.35. The van der Waals surface area contributed by atoms with Crippen molar-refractivity contribution in [3.63, 3.8) is 0 Å². The van der Waals surface area contributed by atoms with Gasteiger partial charge in [-0.15, -0.1) is 0 Å². The molecule has 0 aromatic heterocycles. The number of ether oxygens (including phenoxy) is 1. The van der Waals surface area contributed by atoms with Crippen LogP contribution in [-0.4, -0.2) is 32.8 Å². The molecule has 0 fully saturated rings. The Kier molecular flexibility index (Phi) is 7.89.